The van der Waals surface area contributed by atoms with Crippen molar-refractivity contribution in [3.8, 4) is 0 Å². The summed E-state index contributed by atoms with van der Waals surface area (Å²) in [6.45, 7) is 0. The summed E-state index contributed by atoms with van der Waals surface area (Å²) < 4.78 is 4.90. The molecule has 1 aromatic carbocycles. The highest BCUT2D eigenvalue weighted by Gasteiger charge is 1.97. The third-order valence-corrected chi connectivity index (χ3v) is 1.78. The Morgan fingerprint density at radius 3 is 2.86 bits per heavy atom. The Hall–Kier alpha value is -2.19. The van der Waals surface area contributed by atoms with Crippen LogP contribution in [0.3, 0.4) is 0 Å². The zero-order chi connectivity index (χ0) is 9.97. The number of benzene rings is 1. The fourth-order valence-electron chi connectivity index (χ4n) is 1.18. The van der Waals surface area contributed by atoms with Crippen molar-refractivity contribution >= 4 is 22.7 Å². The Labute approximate surface area is 78.5 Å². The minimum absolute atomic E-state index is 0.399. The van der Waals surface area contributed by atoms with Crippen LogP contribution in [0.4, 0.5) is 5.69 Å². The molecule has 4 nitrogen and oxygen atoms in total. The normalized spacial score (nSPS) is 9.71. The summed E-state index contributed by atoms with van der Waals surface area (Å²) in [5.74, 6) is 0. The molecule has 0 aliphatic heterocycles. The van der Waals surface area contributed by atoms with Gasteiger partial charge in [0, 0.05) is 11.5 Å². The van der Waals surface area contributed by atoms with Crippen LogP contribution in [0.2, 0.25) is 0 Å². The van der Waals surface area contributed by atoms with E-state index < -0.39 is 5.63 Å². The molecule has 1 heterocycles. The summed E-state index contributed by atoms with van der Waals surface area (Å²) in [5, 5.41) is 0.723. The van der Waals surface area contributed by atoms with Crippen LogP contribution >= 0.6 is 0 Å². The number of rotatable bonds is 1. The number of hydrogen-bond donors (Lipinski definition) is 0. The average Bonchev–Trinajstić information content (AvgIpc) is 2.19. The van der Waals surface area contributed by atoms with Crippen LogP contribution in [0.5, 0.6) is 0 Å². The quantitative estimate of drug-likeness (QED) is 0.388. The van der Waals surface area contributed by atoms with Gasteiger partial charge in [0.2, 0.25) is 6.08 Å². The molecule has 4 heteroatoms. The van der Waals surface area contributed by atoms with Gasteiger partial charge in [-0.05, 0) is 24.3 Å². The van der Waals surface area contributed by atoms with Crippen molar-refractivity contribution in [2.24, 2.45) is 4.99 Å². The molecular weight excluding hydrogens is 182 g/mol. The van der Waals surface area contributed by atoms with Crippen LogP contribution in [-0.2, 0) is 4.79 Å². The topological polar surface area (TPSA) is 59.6 Å². The van der Waals surface area contributed by atoms with Crippen molar-refractivity contribution in [2.75, 3.05) is 0 Å². The van der Waals surface area contributed by atoms with Crippen LogP contribution < -0.4 is 5.63 Å². The average molecular weight is 187 g/mol. The van der Waals surface area contributed by atoms with E-state index in [9.17, 15) is 9.59 Å². The number of isocyanates is 1. The molecule has 14 heavy (non-hydrogen) atoms. The first kappa shape index (κ1) is 8.41. The van der Waals surface area contributed by atoms with E-state index >= 15 is 0 Å². The predicted molar refractivity (Wildman–Crippen MR) is 50.3 cm³/mol. The molecule has 0 N–H and O–H groups in total. The lowest BCUT2D eigenvalue weighted by atomic mass is 10.2. The molecule has 68 valence electrons. The van der Waals surface area contributed by atoms with Gasteiger partial charge in [-0.2, -0.15) is 4.99 Å². The molecule has 0 aliphatic carbocycles. The molecule has 0 unspecified atom stereocenters. The summed E-state index contributed by atoms with van der Waals surface area (Å²) >= 11 is 0. The number of hydrogen-bond acceptors (Lipinski definition) is 4. The Balaban J connectivity index is 2.73. The lowest BCUT2D eigenvalue weighted by Crippen LogP contribution is -1.93. The van der Waals surface area contributed by atoms with Crippen LogP contribution in [0.15, 0.2) is 44.5 Å². The fourth-order valence-corrected chi connectivity index (χ4v) is 1.18. The first-order valence-electron chi connectivity index (χ1n) is 3.91. The van der Waals surface area contributed by atoms with Gasteiger partial charge in [-0.1, -0.05) is 0 Å². The van der Waals surface area contributed by atoms with E-state index in [0.717, 1.165) is 5.39 Å². The molecule has 0 radical (unpaired) electrons. The second-order valence-corrected chi connectivity index (χ2v) is 2.68. The number of nitrogens with zero attached hydrogens (tertiary/aromatic N) is 1. The Morgan fingerprint density at radius 2 is 2.07 bits per heavy atom. The summed E-state index contributed by atoms with van der Waals surface area (Å²) in [7, 11) is 0. The van der Waals surface area contributed by atoms with Crippen LogP contribution in [-0.4, -0.2) is 6.08 Å². The number of aliphatic imine (C=N–C) groups is 1. The lowest BCUT2D eigenvalue weighted by Gasteiger charge is -1.95. The molecule has 0 atom stereocenters. The molecule has 0 amide bonds. The zero-order valence-corrected chi connectivity index (χ0v) is 7.06. The van der Waals surface area contributed by atoms with Gasteiger partial charge in [0.25, 0.3) is 0 Å². The highest BCUT2D eigenvalue weighted by molar-refractivity contribution is 5.80. The van der Waals surface area contributed by atoms with E-state index in [2.05, 4.69) is 4.99 Å². The van der Waals surface area contributed by atoms with Crippen LogP contribution in [0.1, 0.15) is 0 Å². The maximum absolute atomic E-state index is 10.8. The van der Waals surface area contributed by atoms with Gasteiger partial charge >= 0.3 is 5.63 Å². The first-order chi connectivity index (χ1) is 6.79. The van der Waals surface area contributed by atoms with Gasteiger partial charge in [-0.3, -0.25) is 0 Å². The maximum Gasteiger partial charge on any atom is 0.336 e. The fraction of sp³-hybridized carbons (Fsp3) is 0. The molecule has 1 aromatic heterocycles. The van der Waals surface area contributed by atoms with Gasteiger partial charge in [0.1, 0.15) is 5.58 Å². The number of carbonyl (C=O) groups excluding carboxylic acids is 1. The minimum atomic E-state index is -0.399. The van der Waals surface area contributed by atoms with Gasteiger partial charge in [0.15, 0.2) is 0 Å². The van der Waals surface area contributed by atoms with E-state index in [1.54, 1.807) is 24.3 Å². The summed E-state index contributed by atoms with van der Waals surface area (Å²) in [6.07, 6.45) is 1.44. The smallest absolute Gasteiger partial charge is 0.336 e. The number of fused-ring (bicyclic) bond motifs is 1. The largest absolute Gasteiger partial charge is 0.423 e. The van der Waals surface area contributed by atoms with Crippen molar-refractivity contribution in [3.05, 3.63) is 40.8 Å². The molecule has 2 rings (SSSR count). The molecule has 0 spiro atoms. The second kappa shape index (κ2) is 3.28. The van der Waals surface area contributed by atoms with E-state index in [4.69, 9.17) is 4.42 Å². The van der Waals surface area contributed by atoms with Crippen LogP contribution in [0, 0.1) is 0 Å². The standard InChI is InChI=1S/C10H5NO3/c12-6-11-8-2-3-9-7(5-8)1-4-10(13)14-9/h1-5H. The molecule has 0 aliphatic rings. The Morgan fingerprint density at radius 1 is 1.21 bits per heavy atom. The van der Waals surface area contributed by atoms with E-state index in [-0.39, 0.29) is 0 Å². The van der Waals surface area contributed by atoms with Crippen molar-refractivity contribution in [3.63, 3.8) is 0 Å². The molecular formula is C10H5NO3. The SMILES string of the molecule is O=C=Nc1ccc2oc(=O)ccc2c1. The minimum Gasteiger partial charge on any atom is -0.423 e. The van der Waals surface area contributed by atoms with Gasteiger partial charge in [0.05, 0.1) is 5.69 Å². The van der Waals surface area contributed by atoms with Crippen molar-refractivity contribution < 1.29 is 9.21 Å². The molecule has 2 aromatic rings. The molecule has 0 saturated heterocycles. The summed E-state index contributed by atoms with van der Waals surface area (Å²) in [6, 6.07) is 7.74. The van der Waals surface area contributed by atoms with Gasteiger partial charge in [-0.25, -0.2) is 9.59 Å². The third kappa shape index (κ3) is 1.46. The van der Waals surface area contributed by atoms with Crippen LogP contribution in [0.25, 0.3) is 11.0 Å². The van der Waals surface area contributed by atoms with E-state index in [1.165, 1.54) is 12.1 Å². The predicted octanol–water partition coefficient (Wildman–Crippen LogP) is 1.76. The highest BCUT2D eigenvalue weighted by Crippen LogP contribution is 2.19. The highest BCUT2D eigenvalue weighted by atomic mass is 16.4. The zero-order valence-electron chi connectivity index (χ0n) is 7.06. The summed E-state index contributed by atoms with van der Waals surface area (Å²) in [4.78, 5) is 24.3. The first-order valence-corrected chi connectivity index (χ1v) is 3.91. The lowest BCUT2D eigenvalue weighted by molar-refractivity contribution is 0.560. The second-order valence-electron chi connectivity index (χ2n) is 2.68. The third-order valence-electron chi connectivity index (χ3n) is 1.78. The van der Waals surface area contributed by atoms with E-state index in [1.807, 2.05) is 0 Å². The Kier molecular flexibility index (Phi) is 1.97. The monoisotopic (exact) mass is 187 g/mol. The van der Waals surface area contributed by atoms with Crippen molar-refractivity contribution in [2.45, 2.75) is 0 Å². The van der Waals surface area contributed by atoms with Gasteiger partial charge in [-0.15, -0.1) is 0 Å². The maximum atomic E-state index is 10.8. The summed E-state index contributed by atoms with van der Waals surface area (Å²) in [5.41, 5.74) is 0.563. The molecule has 0 fully saturated rings. The van der Waals surface area contributed by atoms with E-state index in [0.29, 0.717) is 11.3 Å². The molecule has 0 saturated carbocycles. The van der Waals surface area contributed by atoms with Gasteiger partial charge < -0.3 is 4.42 Å². The Bertz CT molecular complexity index is 579. The van der Waals surface area contributed by atoms with Crippen molar-refractivity contribution in [1.82, 2.24) is 0 Å². The molecule has 0 bridgehead atoms. The van der Waals surface area contributed by atoms with Crippen molar-refractivity contribution in [1.29, 1.82) is 0 Å².